The Labute approximate surface area is 150 Å². The van der Waals surface area contributed by atoms with Gasteiger partial charge < -0.3 is 15.0 Å². The van der Waals surface area contributed by atoms with E-state index in [1.807, 2.05) is 36.4 Å². The fraction of sp³-hybridized carbons (Fsp3) is 0.333. The smallest absolute Gasteiger partial charge is 0.229 e. The molecule has 1 amide bonds. The summed E-state index contributed by atoms with van der Waals surface area (Å²) in [6, 6.07) is 11.2. The van der Waals surface area contributed by atoms with E-state index in [-0.39, 0.29) is 11.8 Å². The molecule has 1 saturated heterocycles. The molecule has 8 heteroatoms. The van der Waals surface area contributed by atoms with E-state index in [0.29, 0.717) is 12.2 Å². The minimum absolute atomic E-state index is 0.0326. The summed E-state index contributed by atoms with van der Waals surface area (Å²) in [6.07, 6.45) is 3.40. The van der Waals surface area contributed by atoms with Crippen LogP contribution in [0.15, 0.2) is 42.7 Å². The Balaban J connectivity index is 1.44. The number of hydrogen-bond donors (Lipinski definition) is 1. The average Bonchev–Trinajstić information content (AvgIpc) is 3.16. The largest absolute Gasteiger partial charge is 0.497 e. The number of anilines is 2. The molecule has 0 spiro atoms. The molecule has 0 bridgehead atoms. The topological polar surface area (TPSA) is 84.6 Å². The van der Waals surface area contributed by atoms with E-state index in [1.165, 1.54) is 0 Å². The van der Waals surface area contributed by atoms with Crippen molar-refractivity contribution in [3.8, 4) is 5.75 Å². The highest BCUT2D eigenvalue weighted by atomic mass is 16.5. The molecule has 2 aromatic heterocycles. The molecule has 1 aliphatic rings. The quantitative estimate of drug-likeness (QED) is 0.773. The first kappa shape index (κ1) is 16.3. The number of hydrogen-bond acceptors (Lipinski definition) is 6. The fourth-order valence-corrected chi connectivity index (χ4v) is 3.20. The first-order chi connectivity index (χ1) is 12.7. The second kappa shape index (κ2) is 6.99. The van der Waals surface area contributed by atoms with Gasteiger partial charge in [-0.2, -0.15) is 4.52 Å². The van der Waals surface area contributed by atoms with Crippen molar-refractivity contribution >= 4 is 23.1 Å². The van der Waals surface area contributed by atoms with Crippen LogP contribution < -0.4 is 15.0 Å². The third-order valence-corrected chi connectivity index (χ3v) is 4.62. The van der Waals surface area contributed by atoms with Gasteiger partial charge in [-0.3, -0.25) is 4.79 Å². The van der Waals surface area contributed by atoms with Crippen LogP contribution in [0.4, 0.5) is 11.5 Å². The van der Waals surface area contributed by atoms with Gasteiger partial charge in [-0.15, -0.1) is 15.3 Å². The number of ether oxygens (including phenoxy) is 1. The van der Waals surface area contributed by atoms with Crippen LogP contribution in [0.25, 0.3) is 5.65 Å². The van der Waals surface area contributed by atoms with Crippen LogP contribution >= 0.6 is 0 Å². The summed E-state index contributed by atoms with van der Waals surface area (Å²) in [7, 11) is 1.62. The molecule has 3 aromatic rings. The molecule has 1 fully saturated rings. The van der Waals surface area contributed by atoms with Gasteiger partial charge in [-0.25, -0.2) is 0 Å². The van der Waals surface area contributed by atoms with Crippen molar-refractivity contribution in [1.82, 2.24) is 19.8 Å². The number of fused-ring (bicyclic) bond motifs is 1. The summed E-state index contributed by atoms with van der Waals surface area (Å²) >= 11 is 0. The Kier molecular flexibility index (Phi) is 4.39. The predicted octanol–water partition coefficient (Wildman–Crippen LogP) is 1.99. The van der Waals surface area contributed by atoms with Gasteiger partial charge in [-0.05, 0) is 49.2 Å². The van der Waals surface area contributed by atoms with Crippen molar-refractivity contribution in [2.45, 2.75) is 12.8 Å². The molecule has 0 unspecified atom stereocenters. The van der Waals surface area contributed by atoms with E-state index in [9.17, 15) is 4.79 Å². The van der Waals surface area contributed by atoms with Gasteiger partial charge in [0.1, 0.15) is 17.9 Å². The van der Waals surface area contributed by atoms with E-state index >= 15 is 0 Å². The van der Waals surface area contributed by atoms with Crippen LogP contribution in [-0.4, -0.2) is 45.9 Å². The lowest BCUT2D eigenvalue weighted by atomic mass is 9.97. The number of nitrogens with zero attached hydrogens (tertiary/aromatic N) is 5. The number of methoxy groups -OCH3 is 1. The maximum atomic E-state index is 12.7. The highest BCUT2D eigenvalue weighted by Gasteiger charge is 2.27. The highest BCUT2D eigenvalue weighted by Crippen LogP contribution is 2.23. The van der Waals surface area contributed by atoms with E-state index in [0.717, 1.165) is 36.6 Å². The molecule has 1 atom stereocenters. The zero-order valence-corrected chi connectivity index (χ0v) is 14.5. The minimum atomic E-state index is -0.0794. The SMILES string of the molecule is COc1ccc(NC(=O)[C@@H]2CCCN(c3ccc4nncn4n3)C2)cc1. The molecule has 8 nitrogen and oxygen atoms in total. The average molecular weight is 352 g/mol. The minimum Gasteiger partial charge on any atom is -0.497 e. The molecular formula is C18H20N6O2. The van der Waals surface area contributed by atoms with Gasteiger partial charge in [-0.1, -0.05) is 0 Å². The van der Waals surface area contributed by atoms with E-state index in [1.54, 1.807) is 18.0 Å². The van der Waals surface area contributed by atoms with E-state index in [4.69, 9.17) is 4.74 Å². The summed E-state index contributed by atoms with van der Waals surface area (Å²) in [4.78, 5) is 14.8. The first-order valence-corrected chi connectivity index (χ1v) is 8.60. The van der Waals surface area contributed by atoms with Crippen LogP contribution in [-0.2, 0) is 4.79 Å². The second-order valence-electron chi connectivity index (χ2n) is 6.33. The number of rotatable bonds is 4. The normalized spacial score (nSPS) is 17.3. The number of nitrogens with one attached hydrogen (secondary N) is 1. The Morgan fingerprint density at radius 3 is 2.88 bits per heavy atom. The zero-order chi connectivity index (χ0) is 17.9. The third kappa shape index (κ3) is 3.30. The van der Waals surface area contributed by atoms with Gasteiger partial charge in [0.05, 0.1) is 13.0 Å². The molecule has 1 aromatic carbocycles. The van der Waals surface area contributed by atoms with Gasteiger partial charge in [0, 0.05) is 18.8 Å². The van der Waals surface area contributed by atoms with Crippen LogP contribution in [0.5, 0.6) is 5.75 Å². The Bertz CT molecular complexity index is 907. The van der Waals surface area contributed by atoms with E-state index in [2.05, 4.69) is 25.5 Å². The van der Waals surface area contributed by atoms with Crippen LogP contribution in [0.1, 0.15) is 12.8 Å². The molecule has 134 valence electrons. The number of piperidine rings is 1. The fourth-order valence-electron chi connectivity index (χ4n) is 3.20. The Hall–Kier alpha value is -3.16. The lowest BCUT2D eigenvalue weighted by molar-refractivity contribution is -0.120. The molecule has 0 aliphatic carbocycles. The standard InChI is InChI=1S/C18H20N6O2/c1-26-15-6-4-14(5-7-15)20-18(25)13-3-2-10-23(11-13)17-9-8-16-21-19-12-24(16)22-17/h4-9,12-13H,2-3,10-11H2,1H3,(H,20,25)/t13-/m1/s1. The van der Waals surface area contributed by atoms with Gasteiger partial charge in [0.25, 0.3) is 0 Å². The number of carbonyl (C=O) groups is 1. The van der Waals surface area contributed by atoms with E-state index < -0.39 is 0 Å². The van der Waals surface area contributed by atoms with Gasteiger partial charge in [0.15, 0.2) is 5.65 Å². The summed E-state index contributed by atoms with van der Waals surface area (Å²) in [5.41, 5.74) is 1.48. The highest BCUT2D eigenvalue weighted by molar-refractivity contribution is 5.93. The maximum absolute atomic E-state index is 12.7. The summed E-state index contributed by atoms with van der Waals surface area (Å²) < 4.78 is 6.79. The zero-order valence-electron chi connectivity index (χ0n) is 14.5. The summed E-state index contributed by atoms with van der Waals surface area (Å²) in [5, 5.41) is 15.3. The van der Waals surface area contributed by atoms with Crippen molar-refractivity contribution in [1.29, 1.82) is 0 Å². The summed E-state index contributed by atoms with van der Waals surface area (Å²) in [5.74, 6) is 1.55. The Morgan fingerprint density at radius 1 is 1.23 bits per heavy atom. The molecule has 1 aliphatic heterocycles. The number of amides is 1. The molecule has 1 N–H and O–H groups in total. The van der Waals surface area contributed by atoms with Crippen molar-refractivity contribution in [2.24, 2.45) is 5.92 Å². The van der Waals surface area contributed by atoms with Gasteiger partial charge >= 0.3 is 0 Å². The molecule has 26 heavy (non-hydrogen) atoms. The predicted molar refractivity (Wildman–Crippen MR) is 97.3 cm³/mol. The molecule has 3 heterocycles. The molecule has 0 radical (unpaired) electrons. The van der Waals surface area contributed by atoms with Crippen molar-refractivity contribution < 1.29 is 9.53 Å². The Morgan fingerprint density at radius 2 is 2.08 bits per heavy atom. The lowest BCUT2D eigenvalue weighted by Crippen LogP contribution is -2.41. The first-order valence-electron chi connectivity index (χ1n) is 8.60. The summed E-state index contributed by atoms with van der Waals surface area (Å²) in [6.45, 7) is 1.52. The van der Waals surface area contributed by atoms with Gasteiger partial charge in [0.2, 0.25) is 5.91 Å². The third-order valence-electron chi connectivity index (χ3n) is 4.62. The molecular weight excluding hydrogens is 332 g/mol. The number of aromatic nitrogens is 4. The molecule has 0 saturated carbocycles. The number of carbonyl (C=O) groups excluding carboxylic acids is 1. The molecule has 4 rings (SSSR count). The van der Waals surface area contributed by atoms with Crippen LogP contribution in [0.2, 0.25) is 0 Å². The number of benzene rings is 1. The van der Waals surface area contributed by atoms with Crippen molar-refractivity contribution in [2.75, 3.05) is 30.4 Å². The van der Waals surface area contributed by atoms with Crippen molar-refractivity contribution in [3.05, 3.63) is 42.7 Å². The van der Waals surface area contributed by atoms with Crippen LogP contribution in [0, 0.1) is 5.92 Å². The van der Waals surface area contributed by atoms with Crippen LogP contribution in [0.3, 0.4) is 0 Å². The van der Waals surface area contributed by atoms with Crippen molar-refractivity contribution in [3.63, 3.8) is 0 Å². The lowest BCUT2D eigenvalue weighted by Gasteiger charge is -2.32. The monoisotopic (exact) mass is 352 g/mol. The second-order valence-corrected chi connectivity index (χ2v) is 6.33. The maximum Gasteiger partial charge on any atom is 0.229 e.